The molecular weight excluding hydrogens is 433 g/mol. The van der Waals surface area contributed by atoms with E-state index in [1.165, 1.54) is 4.90 Å². The van der Waals surface area contributed by atoms with E-state index in [1.54, 1.807) is 36.7 Å². The molecule has 0 unspecified atom stereocenters. The summed E-state index contributed by atoms with van der Waals surface area (Å²) >= 11 is 12.5. The lowest BCUT2D eigenvalue weighted by molar-refractivity contribution is -0.137. The number of pyridine rings is 1. The lowest BCUT2D eigenvalue weighted by Gasteiger charge is -2.15. The number of anilines is 1. The van der Waals surface area contributed by atoms with Gasteiger partial charge >= 0.3 is 0 Å². The van der Waals surface area contributed by atoms with Crippen LogP contribution in [-0.2, 0) is 16.1 Å². The largest absolute Gasteiger partial charge is 0.350 e. The maximum Gasteiger partial charge on any atom is 0.278 e. The molecule has 1 N–H and O–H groups in total. The summed E-state index contributed by atoms with van der Waals surface area (Å²) in [6.07, 6.45) is 3.27. The number of carbonyl (C=O) groups is 2. The van der Waals surface area contributed by atoms with E-state index < -0.39 is 11.8 Å². The Morgan fingerprint density at radius 2 is 1.81 bits per heavy atom. The highest BCUT2D eigenvalue weighted by Gasteiger charge is 2.40. The van der Waals surface area contributed by atoms with Crippen LogP contribution in [-0.4, -0.2) is 21.7 Å². The first-order valence-electron chi connectivity index (χ1n) is 9.64. The van der Waals surface area contributed by atoms with Crippen molar-refractivity contribution in [2.75, 3.05) is 5.32 Å². The van der Waals surface area contributed by atoms with Crippen molar-refractivity contribution in [3.8, 4) is 0 Å². The van der Waals surface area contributed by atoms with Gasteiger partial charge in [-0.2, -0.15) is 0 Å². The van der Waals surface area contributed by atoms with Gasteiger partial charge in [-0.15, -0.1) is 0 Å². The average molecular weight is 452 g/mol. The zero-order valence-corrected chi connectivity index (χ0v) is 18.5. The highest BCUT2D eigenvalue weighted by atomic mass is 35.5. The molecule has 2 aromatic carbocycles. The molecule has 0 radical (unpaired) electrons. The molecule has 5 nitrogen and oxygen atoms in total. The molecule has 0 aliphatic carbocycles. The van der Waals surface area contributed by atoms with Crippen LogP contribution >= 0.6 is 23.2 Å². The third-order valence-corrected chi connectivity index (χ3v) is 5.63. The predicted octanol–water partition coefficient (Wildman–Crippen LogP) is 5.40. The minimum Gasteiger partial charge on any atom is -0.350 e. The Balaban J connectivity index is 1.81. The van der Waals surface area contributed by atoms with Crippen LogP contribution in [0.25, 0.3) is 5.57 Å². The number of aryl methyl sites for hydroxylation is 2. The van der Waals surface area contributed by atoms with Gasteiger partial charge in [-0.1, -0.05) is 47.5 Å². The number of aromatic nitrogens is 1. The Kier molecular flexibility index (Phi) is 5.81. The van der Waals surface area contributed by atoms with E-state index in [4.69, 9.17) is 23.2 Å². The van der Waals surface area contributed by atoms with Gasteiger partial charge in [0.1, 0.15) is 5.70 Å². The van der Waals surface area contributed by atoms with E-state index >= 15 is 0 Å². The number of imide groups is 1. The fourth-order valence-electron chi connectivity index (χ4n) is 3.46. The average Bonchev–Trinajstić information content (AvgIpc) is 2.96. The second kappa shape index (κ2) is 8.53. The monoisotopic (exact) mass is 451 g/mol. The van der Waals surface area contributed by atoms with Gasteiger partial charge in [0.05, 0.1) is 17.1 Å². The van der Waals surface area contributed by atoms with Crippen LogP contribution in [0.3, 0.4) is 0 Å². The van der Waals surface area contributed by atoms with Crippen LogP contribution in [0.5, 0.6) is 0 Å². The van der Waals surface area contributed by atoms with Crippen molar-refractivity contribution in [1.29, 1.82) is 0 Å². The number of benzene rings is 2. The fraction of sp³-hybridized carbons (Fsp3) is 0.125. The van der Waals surface area contributed by atoms with E-state index in [0.717, 1.165) is 22.4 Å². The van der Waals surface area contributed by atoms with Crippen molar-refractivity contribution in [1.82, 2.24) is 9.88 Å². The lowest BCUT2D eigenvalue weighted by atomic mass is 10.0. The molecular formula is C24H19Cl2N3O2. The molecule has 31 heavy (non-hydrogen) atoms. The minimum atomic E-state index is -0.425. The quantitative estimate of drug-likeness (QED) is 0.527. The van der Waals surface area contributed by atoms with Crippen molar-refractivity contribution >= 4 is 46.3 Å². The number of hydrogen-bond donors (Lipinski definition) is 1. The highest BCUT2D eigenvalue weighted by molar-refractivity contribution is 6.41. The zero-order valence-electron chi connectivity index (χ0n) is 16.9. The molecule has 7 heteroatoms. The molecule has 0 bridgehead atoms. The third kappa shape index (κ3) is 4.20. The Hall–Kier alpha value is -3.15. The summed E-state index contributed by atoms with van der Waals surface area (Å²) < 4.78 is 0. The first kappa shape index (κ1) is 21.1. The summed E-state index contributed by atoms with van der Waals surface area (Å²) in [6, 6.07) is 14.3. The minimum absolute atomic E-state index is 0.109. The maximum absolute atomic E-state index is 13.4. The van der Waals surface area contributed by atoms with Crippen LogP contribution in [0, 0.1) is 13.8 Å². The smallest absolute Gasteiger partial charge is 0.278 e. The molecule has 2 amide bonds. The normalized spacial score (nSPS) is 13.9. The first-order valence-corrected chi connectivity index (χ1v) is 10.4. The van der Waals surface area contributed by atoms with E-state index in [1.807, 2.05) is 38.1 Å². The van der Waals surface area contributed by atoms with Gasteiger partial charge in [0, 0.05) is 28.7 Å². The van der Waals surface area contributed by atoms with Gasteiger partial charge < -0.3 is 5.32 Å². The molecule has 0 saturated heterocycles. The van der Waals surface area contributed by atoms with Crippen LogP contribution in [0.4, 0.5) is 5.69 Å². The Morgan fingerprint density at radius 3 is 2.52 bits per heavy atom. The summed E-state index contributed by atoms with van der Waals surface area (Å²) in [5.74, 6) is -0.846. The fourth-order valence-corrected chi connectivity index (χ4v) is 3.96. The Morgan fingerprint density at radius 1 is 1.00 bits per heavy atom. The topological polar surface area (TPSA) is 62.3 Å². The molecule has 4 rings (SSSR count). The summed E-state index contributed by atoms with van der Waals surface area (Å²) in [5.41, 5.74) is 4.34. The second-order valence-corrected chi connectivity index (χ2v) is 8.22. The molecule has 3 aromatic rings. The molecule has 156 valence electrons. The van der Waals surface area contributed by atoms with E-state index in [-0.39, 0.29) is 17.8 Å². The van der Waals surface area contributed by atoms with Crippen molar-refractivity contribution < 1.29 is 9.59 Å². The standard InChI is InChI=1S/C24H19Cl2N3O2/c1-14-5-6-15(2)20(10-14)28-22-21(18-8-7-17(25)11-19(18)26)23(30)29(24(22)31)13-16-4-3-9-27-12-16/h3-12,28H,13H2,1-2H3. The van der Waals surface area contributed by atoms with Crippen molar-refractivity contribution in [3.63, 3.8) is 0 Å². The molecule has 0 atom stereocenters. The van der Waals surface area contributed by atoms with Crippen LogP contribution in [0.1, 0.15) is 22.3 Å². The molecule has 1 aliphatic heterocycles. The molecule has 1 aromatic heterocycles. The van der Waals surface area contributed by atoms with Gasteiger partial charge in [-0.05, 0) is 54.8 Å². The molecule has 0 fully saturated rings. The van der Waals surface area contributed by atoms with Crippen molar-refractivity contribution in [3.05, 3.63) is 98.9 Å². The predicted molar refractivity (Wildman–Crippen MR) is 123 cm³/mol. The summed E-state index contributed by atoms with van der Waals surface area (Å²) in [7, 11) is 0. The number of hydrogen-bond acceptors (Lipinski definition) is 4. The number of amides is 2. The molecule has 0 spiro atoms. The number of rotatable bonds is 5. The second-order valence-electron chi connectivity index (χ2n) is 7.38. The number of nitrogens with one attached hydrogen (secondary N) is 1. The summed E-state index contributed by atoms with van der Waals surface area (Å²) in [4.78, 5) is 32.1. The van der Waals surface area contributed by atoms with Crippen molar-refractivity contribution in [2.45, 2.75) is 20.4 Å². The maximum atomic E-state index is 13.4. The number of halogens is 2. The molecule has 0 saturated carbocycles. The Bertz CT molecular complexity index is 1220. The van der Waals surface area contributed by atoms with Gasteiger partial charge in [-0.25, -0.2) is 0 Å². The number of nitrogens with zero attached hydrogens (tertiary/aromatic N) is 2. The van der Waals surface area contributed by atoms with Crippen molar-refractivity contribution in [2.24, 2.45) is 0 Å². The Labute approximate surface area is 190 Å². The van der Waals surface area contributed by atoms with Gasteiger partial charge in [0.25, 0.3) is 11.8 Å². The van der Waals surface area contributed by atoms with Gasteiger partial charge in [-0.3, -0.25) is 19.5 Å². The van der Waals surface area contributed by atoms with E-state index in [0.29, 0.717) is 15.6 Å². The van der Waals surface area contributed by atoms with Gasteiger partial charge in [0.2, 0.25) is 0 Å². The lowest BCUT2D eigenvalue weighted by Crippen LogP contribution is -2.32. The first-order chi connectivity index (χ1) is 14.8. The number of carbonyl (C=O) groups excluding carboxylic acids is 2. The summed E-state index contributed by atoms with van der Waals surface area (Å²) in [6.45, 7) is 4.01. The summed E-state index contributed by atoms with van der Waals surface area (Å²) in [5, 5.41) is 3.94. The van der Waals surface area contributed by atoms with Gasteiger partial charge in [0.15, 0.2) is 0 Å². The SMILES string of the molecule is Cc1ccc(C)c(NC2=C(c3ccc(Cl)cc3Cl)C(=O)N(Cc3cccnc3)C2=O)c1. The zero-order chi connectivity index (χ0) is 22.1. The van der Waals surface area contributed by atoms with Crippen LogP contribution < -0.4 is 5.32 Å². The van der Waals surface area contributed by atoms with E-state index in [2.05, 4.69) is 10.3 Å². The van der Waals surface area contributed by atoms with Crippen LogP contribution in [0.2, 0.25) is 10.0 Å². The van der Waals surface area contributed by atoms with E-state index in [9.17, 15) is 9.59 Å². The van der Waals surface area contributed by atoms with Crippen LogP contribution in [0.15, 0.2) is 66.6 Å². The molecule has 1 aliphatic rings. The highest BCUT2D eigenvalue weighted by Crippen LogP contribution is 2.36. The molecule has 2 heterocycles. The third-order valence-electron chi connectivity index (χ3n) is 5.08.